The molecule has 0 aliphatic carbocycles. The van der Waals surface area contributed by atoms with Crippen LogP contribution in [-0.2, 0) is 11.3 Å². The number of amides is 1. The highest BCUT2D eigenvalue weighted by Crippen LogP contribution is 2.17. The number of rotatable bonds is 7. The molecule has 1 N–H and O–H groups in total. The highest BCUT2D eigenvalue weighted by Gasteiger charge is 2.20. The molecule has 0 spiro atoms. The number of ether oxygens (including phenoxy) is 1. The molecule has 1 unspecified atom stereocenters. The number of fused-ring (bicyclic) bond motifs is 2. The molecule has 3 aromatic heterocycles. The van der Waals surface area contributed by atoms with E-state index in [4.69, 9.17) is 4.74 Å². The van der Waals surface area contributed by atoms with Crippen molar-refractivity contribution in [3.8, 4) is 0 Å². The van der Waals surface area contributed by atoms with Crippen LogP contribution in [0.25, 0.3) is 16.7 Å². The summed E-state index contributed by atoms with van der Waals surface area (Å²) < 4.78 is 8.45. The van der Waals surface area contributed by atoms with Crippen molar-refractivity contribution in [1.29, 1.82) is 0 Å². The number of methoxy groups -OCH3 is 1. The molecule has 0 fully saturated rings. The molecule has 0 aliphatic heterocycles. The first kappa shape index (κ1) is 18.1. The van der Waals surface area contributed by atoms with E-state index in [9.17, 15) is 9.59 Å². The Hall–Kier alpha value is -2.67. The monoisotopic (exact) mass is 356 g/mol. The fraction of sp³-hybridized carbons (Fsp3) is 0.421. The fourth-order valence-electron chi connectivity index (χ4n) is 2.93. The number of carbonyl (C=O) groups excluding carboxylic acids is 1. The van der Waals surface area contributed by atoms with Gasteiger partial charge in [0.2, 0.25) is 0 Å². The maximum absolute atomic E-state index is 12.8. The summed E-state index contributed by atoms with van der Waals surface area (Å²) in [5.41, 5.74) is 1.38. The lowest BCUT2D eigenvalue weighted by Crippen LogP contribution is -2.33. The van der Waals surface area contributed by atoms with Gasteiger partial charge in [0.15, 0.2) is 0 Å². The van der Waals surface area contributed by atoms with E-state index in [2.05, 4.69) is 10.3 Å². The van der Waals surface area contributed by atoms with Gasteiger partial charge >= 0.3 is 0 Å². The topological polar surface area (TPSA) is 77.6 Å². The van der Waals surface area contributed by atoms with Crippen molar-refractivity contribution >= 4 is 22.6 Å². The zero-order valence-electron chi connectivity index (χ0n) is 15.4. The molecule has 0 bridgehead atoms. The first-order valence-corrected chi connectivity index (χ1v) is 8.87. The van der Waals surface area contributed by atoms with E-state index in [1.807, 2.05) is 24.5 Å². The van der Waals surface area contributed by atoms with Gasteiger partial charge in [-0.05, 0) is 38.0 Å². The van der Waals surface area contributed by atoms with Crippen molar-refractivity contribution in [2.45, 2.75) is 39.3 Å². The second-order valence-corrected chi connectivity index (χ2v) is 6.39. The minimum absolute atomic E-state index is 0.0565. The third-order valence-corrected chi connectivity index (χ3v) is 4.53. The van der Waals surface area contributed by atoms with E-state index in [1.165, 1.54) is 4.40 Å². The first-order valence-electron chi connectivity index (χ1n) is 8.87. The van der Waals surface area contributed by atoms with E-state index in [-0.39, 0.29) is 17.5 Å². The summed E-state index contributed by atoms with van der Waals surface area (Å²) in [6, 6.07) is 7.11. The number of aryl methyl sites for hydroxylation is 1. The maximum Gasteiger partial charge on any atom is 0.268 e. The maximum atomic E-state index is 12.8. The molecule has 7 heteroatoms. The Labute approximate surface area is 151 Å². The minimum atomic E-state index is -0.191. The zero-order chi connectivity index (χ0) is 18.7. The van der Waals surface area contributed by atoms with Gasteiger partial charge in [-0.2, -0.15) is 0 Å². The Morgan fingerprint density at radius 1 is 1.38 bits per heavy atom. The zero-order valence-corrected chi connectivity index (χ0v) is 15.4. The van der Waals surface area contributed by atoms with Crippen LogP contribution < -0.4 is 10.9 Å². The average molecular weight is 356 g/mol. The van der Waals surface area contributed by atoms with Crippen LogP contribution in [0.2, 0.25) is 0 Å². The van der Waals surface area contributed by atoms with Gasteiger partial charge < -0.3 is 14.6 Å². The highest BCUT2D eigenvalue weighted by molar-refractivity contribution is 5.98. The summed E-state index contributed by atoms with van der Waals surface area (Å²) in [5, 5.41) is 3.42. The van der Waals surface area contributed by atoms with Crippen LogP contribution in [0, 0.1) is 0 Å². The number of aromatic nitrogens is 3. The molecule has 3 aromatic rings. The van der Waals surface area contributed by atoms with Crippen molar-refractivity contribution in [2.24, 2.45) is 0 Å². The van der Waals surface area contributed by atoms with E-state index < -0.39 is 0 Å². The van der Waals surface area contributed by atoms with Crippen LogP contribution in [0.4, 0.5) is 0 Å². The molecule has 138 valence electrons. The summed E-state index contributed by atoms with van der Waals surface area (Å²) in [6.45, 7) is 5.09. The molecule has 0 saturated heterocycles. The van der Waals surface area contributed by atoms with Crippen LogP contribution in [0.1, 0.15) is 37.2 Å². The van der Waals surface area contributed by atoms with Crippen LogP contribution in [0.5, 0.6) is 0 Å². The summed E-state index contributed by atoms with van der Waals surface area (Å²) in [5.74, 6) is -0.191. The Balaban J connectivity index is 2.17. The van der Waals surface area contributed by atoms with Crippen molar-refractivity contribution in [1.82, 2.24) is 19.3 Å². The average Bonchev–Trinajstić information content (AvgIpc) is 3.01. The second kappa shape index (κ2) is 7.70. The standard InChI is InChI=1S/C19H24N4O3/c1-4-13(2)20-18(24)15-12-14-17(22(15)10-7-11-26-3)21-16-8-5-6-9-23(16)19(14)25/h5-6,8-9,12-13H,4,7,10-11H2,1-3H3,(H,20,24). The van der Waals surface area contributed by atoms with Crippen LogP contribution in [0.3, 0.4) is 0 Å². The van der Waals surface area contributed by atoms with Gasteiger partial charge in [-0.15, -0.1) is 0 Å². The van der Waals surface area contributed by atoms with Gasteiger partial charge in [0, 0.05) is 32.5 Å². The number of carbonyl (C=O) groups is 1. The molecular weight excluding hydrogens is 332 g/mol. The second-order valence-electron chi connectivity index (χ2n) is 6.39. The molecule has 0 aliphatic rings. The minimum Gasteiger partial charge on any atom is -0.385 e. The number of nitrogens with zero attached hydrogens (tertiary/aromatic N) is 3. The molecule has 3 rings (SSSR count). The summed E-state index contributed by atoms with van der Waals surface area (Å²) in [7, 11) is 1.64. The Morgan fingerprint density at radius 2 is 2.19 bits per heavy atom. The third kappa shape index (κ3) is 3.35. The van der Waals surface area contributed by atoms with Crippen LogP contribution in [0.15, 0.2) is 35.3 Å². The van der Waals surface area contributed by atoms with Gasteiger partial charge in [-0.25, -0.2) is 4.98 Å². The third-order valence-electron chi connectivity index (χ3n) is 4.53. The Bertz CT molecular complexity index is 990. The van der Waals surface area contributed by atoms with E-state index in [1.54, 1.807) is 31.5 Å². The molecule has 26 heavy (non-hydrogen) atoms. The Kier molecular flexibility index (Phi) is 5.37. The SMILES string of the molecule is CCC(C)NC(=O)c1cc2c(=O)n3ccccc3nc2n1CCCOC. The van der Waals surface area contributed by atoms with Gasteiger partial charge in [0.05, 0.1) is 5.39 Å². The normalized spacial score (nSPS) is 12.6. The lowest BCUT2D eigenvalue weighted by Gasteiger charge is -2.14. The lowest BCUT2D eigenvalue weighted by atomic mass is 10.2. The number of pyridine rings is 1. The van der Waals surface area contributed by atoms with Crippen LogP contribution >= 0.6 is 0 Å². The smallest absolute Gasteiger partial charge is 0.268 e. The van der Waals surface area contributed by atoms with Crippen LogP contribution in [-0.4, -0.2) is 39.6 Å². The van der Waals surface area contributed by atoms with Crippen molar-refractivity contribution in [2.75, 3.05) is 13.7 Å². The fourth-order valence-corrected chi connectivity index (χ4v) is 2.93. The molecule has 0 aromatic carbocycles. The quantitative estimate of drug-likeness (QED) is 0.659. The van der Waals surface area contributed by atoms with Gasteiger partial charge in [-0.3, -0.25) is 14.0 Å². The van der Waals surface area contributed by atoms with Gasteiger partial charge in [-0.1, -0.05) is 13.0 Å². The summed E-state index contributed by atoms with van der Waals surface area (Å²) >= 11 is 0. The van der Waals surface area contributed by atoms with E-state index in [0.29, 0.717) is 35.5 Å². The largest absolute Gasteiger partial charge is 0.385 e. The van der Waals surface area contributed by atoms with Crippen molar-refractivity contribution < 1.29 is 9.53 Å². The molecule has 1 amide bonds. The first-order chi connectivity index (χ1) is 12.6. The molecule has 0 saturated carbocycles. The molecular formula is C19H24N4O3. The van der Waals surface area contributed by atoms with Crippen molar-refractivity contribution in [3.63, 3.8) is 0 Å². The summed E-state index contributed by atoms with van der Waals surface area (Å²) in [4.78, 5) is 30.2. The summed E-state index contributed by atoms with van der Waals surface area (Å²) in [6.07, 6.45) is 3.24. The Morgan fingerprint density at radius 3 is 2.92 bits per heavy atom. The molecule has 1 atom stereocenters. The van der Waals surface area contributed by atoms with Gasteiger partial charge in [0.1, 0.15) is 17.0 Å². The number of hydrogen-bond donors (Lipinski definition) is 1. The van der Waals surface area contributed by atoms with E-state index >= 15 is 0 Å². The highest BCUT2D eigenvalue weighted by atomic mass is 16.5. The predicted molar refractivity (Wildman–Crippen MR) is 101 cm³/mol. The predicted octanol–water partition coefficient (Wildman–Crippen LogP) is 2.21. The van der Waals surface area contributed by atoms with Gasteiger partial charge in [0.25, 0.3) is 11.5 Å². The number of nitrogens with one attached hydrogen (secondary N) is 1. The number of hydrogen-bond acceptors (Lipinski definition) is 4. The lowest BCUT2D eigenvalue weighted by molar-refractivity contribution is 0.0929. The molecule has 0 radical (unpaired) electrons. The molecule has 3 heterocycles. The molecule has 7 nitrogen and oxygen atoms in total. The van der Waals surface area contributed by atoms with E-state index in [0.717, 1.165) is 12.8 Å². The van der Waals surface area contributed by atoms with Crippen molar-refractivity contribution in [3.05, 3.63) is 46.5 Å².